The minimum absolute atomic E-state index is 0.250. The molecule has 1 aliphatic rings. The van der Waals surface area contributed by atoms with Crippen LogP contribution in [0.25, 0.3) is 5.65 Å². The molecule has 0 spiro atoms. The number of rotatable bonds is 2. The van der Waals surface area contributed by atoms with Gasteiger partial charge in [0.15, 0.2) is 0 Å². The Labute approximate surface area is 128 Å². The molecule has 21 heavy (non-hydrogen) atoms. The van der Waals surface area contributed by atoms with E-state index in [2.05, 4.69) is 15.5 Å². The lowest BCUT2D eigenvalue weighted by Crippen LogP contribution is -2.22. The van der Waals surface area contributed by atoms with Crippen LogP contribution < -0.4 is 5.43 Å². The molecule has 2 aromatic heterocycles. The average molecular weight is 305 g/mol. The summed E-state index contributed by atoms with van der Waals surface area (Å²) in [5.74, 6) is -0.250. The Morgan fingerprint density at radius 2 is 2.10 bits per heavy atom. The Balaban J connectivity index is 1.87. The first-order valence-corrected chi connectivity index (χ1v) is 7.53. The fourth-order valence-electron chi connectivity index (χ4n) is 2.66. The highest BCUT2D eigenvalue weighted by molar-refractivity contribution is 6.30. The lowest BCUT2D eigenvalue weighted by atomic mass is 9.99. The van der Waals surface area contributed by atoms with Crippen molar-refractivity contribution in [2.45, 2.75) is 39.0 Å². The summed E-state index contributed by atoms with van der Waals surface area (Å²) in [5, 5.41) is 4.81. The number of nitrogens with zero attached hydrogens (tertiary/aromatic N) is 3. The van der Waals surface area contributed by atoms with Gasteiger partial charge in [0.2, 0.25) is 0 Å². The van der Waals surface area contributed by atoms with E-state index in [-0.39, 0.29) is 5.91 Å². The second-order valence-electron chi connectivity index (χ2n) is 5.30. The van der Waals surface area contributed by atoms with Gasteiger partial charge in [-0.2, -0.15) is 5.10 Å². The number of fused-ring (bicyclic) bond motifs is 1. The van der Waals surface area contributed by atoms with E-state index in [1.54, 1.807) is 22.7 Å². The molecular formula is C15H17ClN4O. The molecule has 1 saturated carbocycles. The summed E-state index contributed by atoms with van der Waals surface area (Å²) in [6.07, 6.45) is 7.19. The standard InChI is InChI=1S/C15H17ClN4O/c1-10-14(20-9-11(16)7-8-13(20)17-10)15(21)19-18-12-5-3-2-4-6-12/h7-9H,2-6H2,1H3,(H,19,21). The van der Waals surface area contributed by atoms with Crippen molar-refractivity contribution in [2.75, 3.05) is 0 Å². The van der Waals surface area contributed by atoms with Gasteiger partial charge in [-0.25, -0.2) is 10.4 Å². The van der Waals surface area contributed by atoms with Crippen LogP contribution in [0.15, 0.2) is 23.4 Å². The Morgan fingerprint density at radius 3 is 2.86 bits per heavy atom. The SMILES string of the molecule is Cc1nc2ccc(Cl)cn2c1C(=O)NN=C1CCCCC1. The number of pyridine rings is 1. The Hall–Kier alpha value is -1.88. The first-order chi connectivity index (χ1) is 10.1. The van der Waals surface area contributed by atoms with E-state index in [0.717, 1.165) is 31.4 Å². The Kier molecular flexibility index (Phi) is 3.92. The van der Waals surface area contributed by atoms with Crippen LogP contribution in [0.2, 0.25) is 5.02 Å². The van der Waals surface area contributed by atoms with Crippen LogP contribution in [0, 0.1) is 6.92 Å². The highest BCUT2D eigenvalue weighted by Crippen LogP contribution is 2.17. The van der Waals surface area contributed by atoms with E-state index in [1.165, 1.54) is 6.42 Å². The minimum atomic E-state index is -0.250. The van der Waals surface area contributed by atoms with E-state index in [9.17, 15) is 4.79 Å². The number of carbonyl (C=O) groups excluding carboxylic acids is 1. The molecule has 5 nitrogen and oxygen atoms in total. The number of hydrogen-bond acceptors (Lipinski definition) is 3. The fourth-order valence-corrected chi connectivity index (χ4v) is 2.83. The molecule has 0 aliphatic heterocycles. The van der Waals surface area contributed by atoms with Gasteiger partial charge < -0.3 is 0 Å². The fraction of sp³-hybridized carbons (Fsp3) is 0.400. The molecule has 1 amide bonds. The lowest BCUT2D eigenvalue weighted by Gasteiger charge is -2.12. The van der Waals surface area contributed by atoms with Crippen LogP contribution in [0.3, 0.4) is 0 Å². The van der Waals surface area contributed by atoms with E-state index < -0.39 is 0 Å². The number of aryl methyl sites for hydroxylation is 1. The zero-order chi connectivity index (χ0) is 14.8. The topological polar surface area (TPSA) is 58.8 Å². The van der Waals surface area contributed by atoms with Gasteiger partial charge in [-0.1, -0.05) is 18.0 Å². The third-order valence-corrected chi connectivity index (χ3v) is 3.94. The second-order valence-corrected chi connectivity index (χ2v) is 5.74. The molecule has 0 radical (unpaired) electrons. The molecule has 0 aromatic carbocycles. The molecule has 6 heteroatoms. The summed E-state index contributed by atoms with van der Waals surface area (Å²) in [4.78, 5) is 16.7. The molecule has 0 atom stereocenters. The van der Waals surface area contributed by atoms with Crippen LogP contribution in [-0.4, -0.2) is 21.0 Å². The van der Waals surface area contributed by atoms with Crippen LogP contribution >= 0.6 is 11.6 Å². The van der Waals surface area contributed by atoms with Gasteiger partial charge in [-0.15, -0.1) is 0 Å². The van der Waals surface area contributed by atoms with Gasteiger partial charge in [-0.3, -0.25) is 9.20 Å². The third-order valence-electron chi connectivity index (χ3n) is 3.72. The summed E-state index contributed by atoms with van der Waals surface area (Å²) in [6, 6.07) is 3.55. The van der Waals surface area contributed by atoms with E-state index >= 15 is 0 Å². The predicted octanol–water partition coefficient (Wildman–Crippen LogP) is 3.35. The molecule has 3 rings (SSSR count). The quantitative estimate of drug-likeness (QED) is 0.865. The first kappa shape index (κ1) is 14.1. The normalized spacial score (nSPS) is 15.2. The summed E-state index contributed by atoms with van der Waals surface area (Å²) >= 11 is 6.00. The number of amides is 1. The average Bonchev–Trinajstić information content (AvgIpc) is 2.81. The Morgan fingerprint density at radius 1 is 1.33 bits per heavy atom. The lowest BCUT2D eigenvalue weighted by molar-refractivity contribution is 0.0948. The molecule has 1 aliphatic carbocycles. The van der Waals surface area contributed by atoms with Crippen LogP contribution in [0.5, 0.6) is 0 Å². The molecule has 0 unspecified atom stereocenters. The van der Waals surface area contributed by atoms with E-state index in [1.807, 2.05) is 6.92 Å². The number of nitrogens with one attached hydrogen (secondary N) is 1. The zero-order valence-electron chi connectivity index (χ0n) is 11.9. The maximum Gasteiger partial charge on any atom is 0.290 e. The second kappa shape index (κ2) is 5.85. The van der Waals surface area contributed by atoms with E-state index in [4.69, 9.17) is 11.6 Å². The monoisotopic (exact) mass is 304 g/mol. The Bertz CT molecular complexity index is 712. The summed E-state index contributed by atoms with van der Waals surface area (Å²) in [6.45, 7) is 1.81. The molecule has 1 fully saturated rings. The van der Waals surface area contributed by atoms with Crippen LogP contribution in [0.4, 0.5) is 0 Å². The van der Waals surface area contributed by atoms with Gasteiger partial charge in [0.1, 0.15) is 11.3 Å². The van der Waals surface area contributed by atoms with Crippen LogP contribution in [-0.2, 0) is 0 Å². The maximum absolute atomic E-state index is 12.4. The third kappa shape index (κ3) is 2.93. The number of aromatic nitrogens is 2. The van der Waals surface area contributed by atoms with Crippen molar-refractivity contribution in [3.63, 3.8) is 0 Å². The summed E-state index contributed by atoms with van der Waals surface area (Å²) < 4.78 is 1.70. The number of imidazole rings is 1. The maximum atomic E-state index is 12.4. The van der Waals surface area contributed by atoms with Crippen molar-refractivity contribution in [1.82, 2.24) is 14.8 Å². The largest absolute Gasteiger partial charge is 0.294 e. The number of carbonyl (C=O) groups is 1. The minimum Gasteiger partial charge on any atom is -0.294 e. The molecule has 1 N–H and O–H groups in total. The van der Waals surface area contributed by atoms with Crippen molar-refractivity contribution in [3.8, 4) is 0 Å². The number of hydrogen-bond donors (Lipinski definition) is 1. The molecule has 0 bridgehead atoms. The number of halogens is 1. The van der Waals surface area contributed by atoms with Gasteiger partial charge in [0.25, 0.3) is 5.91 Å². The highest BCUT2D eigenvalue weighted by atomic mass is 35.5. The van der Waals surface area contributed by atoms with Crippen LogP contribution in [0.1, 0.15) is 48.3 Å². The molecule has 110 valence electrons. The molecule has 2 heterocycles. The van der Waals surface area contributed by atoms with Crippen molar-refractivity contribution in [2.24, 2.45) is 5.10 Å². The summed E-state index contributed by atoms with van der Waals surface area (Å²) in [7, 11) is 0. The predicted molar refractivity (Wildman–Crippen MR) is 82.9 cm³/mol. The van der Waals surface area contributed by atoms with Gasteiger partial charge >= 0.3 is 0 Å². The molecular weight excluding hydrogens is 288 g/mol. The molecule has 0 saturated heterocycles. The van der Waals surface area contributed by atoms with Crippen molar-refractivity contribution in [1.29, 1.82) is 0 Å². The van der Waals surface area contributed by atoms with Gasteiger partial charge in [0.05, 0.1) is 10.7 Å². The van der Waals surface area contributed by atoms with E-state index in [0.29, 0.717) is 22.1 Å². The van der Waals surface area contributed by atoms with Gasteiger partial charge in [-0.05, 0) is 44.7 Å². The first-order valence-electron chi connectivity index (χ1n) is 7.15. The van der Waals surface area contributed by atoms with Crippen molar-refractivity contribution in [3.05, 3.63) is 34.7 Å². The summed E-state index contributed by atoms with van der Waals surface area (Å²) in [5.41, 5.74) is 5.57. The van der Waals surface area contributed by atoms with Gasteiger partial charge in [0, 0.05) is 11.9 Å². The van der Waals surface area contributed by atoms with Crippen molar-refractivity contribution < 1.29 is 4.79 Å². The highest BCUT2D eigenvalue weighted by Gasteiger charge is 2.17. The zero-order valence-corrected chi connectivity index (χ0v) is 12.7. The van der Waals surface area contributed by atoms with Crippen molar-refractivity contribution >= 4 is 28.9 Å². The molecule has 2 aromatic rings. The number of hydrazone groups is 1. The smallest absolute Gasteiger partial charge is 0.290 e.